The summed E-state index contributed by atoms with van der Waals surface area (Å²) in [6, 6.07) is 2.38. The van der Waals surface area contributed by atoms with Crippen molar-refractivity contribution in [2.75, 3.05) is 12.8 Å². The van der Waals surface area contributed by atoms with E-state index in [0.717, 1.165) is 6.07 Å². The topological polar surface area (TPSA) is 52.3 Å². The third-order valence-corrected chi connectivity index (χ3v) is 1.70. The summed E-state index contributed by atoms with van der Waals surface area (Å²) in [6.45, 7) is 1.37. The van der Waals surface area contributed by atoms with Gasteiger partial charge in [-0.1, -0.05) is 0 Å². The summed E-state index contributed by atoms with van der Waals surface area (Å²) in [5.41, 5.74) is 5.54. The van der Waals surface area contributed by atoms with Crippen molar-refractivity contribution in [3.8, 4) is 5.75 Å². The molecule has 13 heavy (non-hydrogen) atoms. The van der Waals surface area contributed by atoms with E-state index in [1.165, 1.54) is 20.1 Å². The highest BCUT2D eigenvalue weighted by atomic mass is 19.1. The minimum absolute atomic E-state index is 0.0500. The van der Waals surface area contributed by atoms with Crippen molar-refractivity contribution in [3.05, 3.63) is 23.5 Å². The van der Waals surface area contributed by atoms with Crippen LogP contribution in [0.15, 0.2) is 12.1 Å². The summed E-state index contributed by atoms with van der Waals surface area (Å²) in [4.78, 5) is 11.0. The number of nitrogens with two attached hydrogens (primary N) is 1. The molecule has 0 aromatic heterocycles. The molecule has 0 amide bonds. The van der Waals surface area contributed by atoms with Crippen LogP contribution in [0.1, 0.15) is 17.3 Å². The number of nitrogen functional groups attached to an aromatic ring is 1. The molecule has 0 spiro atoms. The molecule has 70 valence electrons. The summed E-state index contributed by atoms with van der Waals surface area (Å²) in [6.07, 6.45) is 0. The van der Waals surface area contributed by atoms with Crippen LogP contribution in [0.2, 0.25) is 0 Å². The Kier molecular flexibility index (Phi) is 2.51. The number of anilines is 1. The smallest absolute Gasteiger partial charge is 0.163 e. The molecule has 0 aliphatic heterocycles. The molecule has 0 fully saturated rings. The van der Waals surface area contributed by atoms with Gasteiger partial charge in [0, 0.05) is 6.07 Å². The van der Waals surface area contributed by atoms with Gasteiger partial charge in [-0.2, -0.15) is 0 Å². The van der Waals surface area contributed by atoms with E-state index >= 15 is 0 Å². The first-order chi connectivity index (χ1) is 6.06. The second-order valence-corrected chi connectivity index (χ2v) is 2.63. The molecular formula is C9H10FNO2. The molecule has 1 aromatic carbocycles. The lowest BCUT2D eigenvalue weighted by molar-refractivity contribution is 0.101. The van der Waals surface area contributed by atoms with E-state index in [2.05, 4.69) is 0 Å². The number of ketones is 1. The number of benzene rings is 1. The summed E-state index contributed by atoms with van der Waals surface area (Å²) >= 11 is 0. The second kappa shape index (κ2) is 3.43. The van der Waals surface area contributed by atoms with Gasteiger partial charge in [-0.25, -0.2) is 4.39 Å². The van der Waals surface area contributed by atoms with Crippen molar-refractivity contribution in [2.45, 2.75) is 6.92 Å². The van der Waals surface area contributed by atoms with E-state index in [0.29, 0.717) is 5.56 Å². The normalized spacial score (nSPS) is 9.77. The molecular weight excluding hydrogens is 173 g/mol. The average molecular weight is 183 g/mol. The lowest BCUT2D eigenvalue weighted by Gasteiger charge is -2.06. The van der Waals surface area contributed by atoms with Gasteiger partial charge in [-0.15, -0.1) is 0 Å². The minimum atomic E-state index is -0.582. The van der Waals surface area contributed by atoms with Crippen molar-refractivity contribution < 1.29 is 13.9 Å². The Morgan fingerprint density at radius 2 is 2.15 bits per heavy atom. The molecule has 1 rings (SSSR count). The maximum absolute atomic E-state index is 12.9. The van der Waals surface area contributed by atoms with Crippen LogP contribution in [0.3, 0.4) is 0 Å². The molecule has 0 saturated heterocycles. The third-order valence-electron chi connectivity index (χ3n) is 1.70. The number of halogens is 1. The lowest BCUT2D eigenvalue weighted by atomic mass is 10.1. The summed E-state index contributed by atoms with van der Waals surface area (Å²) < 4.78 is 17.7. The van der Waals surface area contributed by atoms with Crippen LogP contribution in [0, 0.1) is 5.82 Å². The van der Waals surface area contributed by atoms with Crippen LogP contribution >= 0.6 is 0 Å². The molecule has 0 aliphatic carbocycles. The van der Waals surface area contributed by atoms with Gasteiger partial charge in [-0.3, -0.25) is 4.79 Å². The highest BCUT2D eigenvalue weighted by Crippen LogP contribution is 2.24. The largest absolute Gasteiger partial charge is 0.496 e. The van der Waals surface area contributed by atoms with Gasteiger partial charge in [0.2, 0.25) is 0 Å². The van der Waals surface area contributed by atoms with E-state index in [9.17, 15) is 9.18 Å². The maximum atomic E-state index is 12.9. The third kappa shape index (κ3) is 1.77. The summed E-state index contributed by atoms with van der Waals surface area (Å²) in [5.74, 6) is -0.579. The zero-order valence-corrected chi connectivity index (χ0v) is 7.43. The van der Waals surface area contributed by atoms with Gasteiger partial charge in [0.15, 0.2) is 5.78 Å². The molecule has 0 atom stereocenters. The number of carbonyl (C=O) groups is 1. The average Bonchev–Trinajstić information content (AvgIpc) is 2.08. The SMILES string of the molecule is COc1cc(F)c(N)cc1C(C)=O. The first kappa shape index (κ1) is 9.51. The Bertz CT molecular complexity index is 350. The fourth-order valence-electron chi connectivity index (χ4n) is 1.02. The zero-order valence-electron chi connectivity index (χ0n) is 7.43. The fraction of sp³-hybridized carbons (Fsp3) is 0.222. The Morgan fingerprint density at radius 1 is 1.54 bits per heavy atom. The number of methoxy groups -OCH3 is 1. The molecule has 0 unspecified atom stereocenters. The predicted molar refractivity (Wildman–Crippen MR) is 47.4 cm³/mol. The fourth-order valence-corrected chi connectivity index (χ4v) is 1.02. The second-order valence-electron chi connectivity index (χ2n) is 2.63. The number of rotatable bonds is 2. The highest BCUT2D eigenvalue weighted by molar-refractivity contribution is 5.97. The van der Waals surface area contributed by atoms with Crippen LogP contribution in [-0.2, 0) is 0 Å². The monoisotopic (exact) mass is 183 g/mol. The Balaban J connectivity index is 3.33. The first-order valence-electron chi connectivity index (χ1n) is 3.70. The van der Waals surface area contributed by atoms with Crippen molar-refractivity contribution in [1.29, 1.82) is 0 Å². The molecule has 0 aliphatic rings. The highest BCUT2D eigenvalue weighted by Gasteiger charge is 2.11. The number of hydrogen-bond donors (Lipinski definition) is 1. The minimum Gasteiger partial charge on any atom is -0.496 e. The molecule has 0 bridgehead atoms. The number of ether oxygens (including phenoxy) is 1. The standard InChI is InChI=1S/C9H10FNO2/c1-5(12)6-3-8(11)7(10)4-9(6)13-2/h3-4H,11H2,1-2H3. The van der Waals surface area contributed by atoms with Crippen LogP contribution < -0.4 is 10.5 Å². The lowest BCUT2D eigenvalue weighted by Crippen LogP contribution is -2.01. The summed E-state index contributed by atoms with van der Waals surface area (Å²) in [7, 11) is 1.37. The number of hydrogen-bond acceptors (Lipinski definition) is 3. The van der Waals surface area contributed by atoms with Gasteiger partial charge < -0.3 is 10.5 Å². The van der Waals surface area contributed by atoms with Crippen molar-refractivity contribution in [2.24, 2.45) is 0 Å². The van der Waals surface area contributed by atoms with E-state index < -0.39 is 5.82 Å². The Hall–Kier alpha value is -1.58. The van der Waals surface area contributed by atoms with Crippen LogP contribution in [0.5, 0.6) is 5.75 Å². The molecule has 0 heterocycles. The van der Waals surface area contributed by atoms with Gasteiger partial charge in [0.1, 0.15) is 11.6 Å². The van der Waals surface area contributed by atoms with E-state index in [-0.39, 0.29) is 17.2 Å². The predicted octanol–water partition coefficient (Wildman–Crippen LogP) is 1.62. The quantitative estimate of drug-likeness (QED) is 0.560. The van der Waals surface area contributed by atoms with Crippen molar-refractivity contribution >= 4 is 11.5 Å². The van der Waals surface area contributed by atoms with Crippen LogP contribution in [0.25, 0.3) is 0 Å². The van der Waals surface area contributed by atoms with Crippen LogP contribution in [0.4, 0.5) is 10.1 Å². The van der Waals surface area contributed by atoms with E-state index in [4.69, 9.17) is 10.5 Å². The number of carbonyl (C=O) groups excluding carboxylic acids is 1. The molecule has 4 heteroatoms. The molecule has 2 N–H and O–H groups in total. The van der Waals surface area contributed by atoms with Crippen molar-refractivity contribution in [3.63, 3.8) is 0 Å². The van der Waals surface area contributed by atoms with Gasteiger partial charge in [0.05, 0.1) is 18.4 Å². The molecule has 1 aromatic rings. The van der Waals surface area contributed by atoms with Gasteiger partial charge >= 0.3 is 0 Å². The molecule has 0 radical (unpaired) electrons. The van der Waals surface area contributed by atoms with Crippen molar-refractivity contribution in [1.82, 2.24) is 0 Å². The van der Waals surface area contributed by atoms with Crippen LogP contribution in [-0.4, -0.2) is 12.9 Å². The maximum Gasteiger partial charge on any atom is 0.163 e. The molecule has 0 saturated carbocycles. The first-order valence-corrected chi connectivity index (χ1v) is 3.70. The Labute approximate surface area is 75.3 Å². The summed E-state index contributed by atoms with van der Waals surface area (Å²) in [5, 5.41) is 0. The zero-order chi connectivity index (χ0) is 10.0. The number of Topliss-reactive ketones (excluding diaryl/α,β-unsaturated/α-hetero) is 1. The van der Waals surface area contributed by atoms with Gasteiger partial charge in [0.25, 0.3) is 0 Å². The van der Waals surface area contributed by atoms with E-state index in [1.54, 1.807) is 0 Å². The van der Waals surface area contributed by atoms with Gasteiger partial charge in [-0.05, 0) is 13.0 Å². The Morgan fingerprint density at radius 3 is 2.62 bits per heavy atom. The molecule has 3 nitrogen and oxygen atoms in total. The van der Waals surface area contributed by atoms with E-state index in [1.807, 2.05) is 0 Å².